The van der Waals surface area contributed by atoms with E-state index in [-0.39, 0.29) is 37.5 Å². The van der Waals surface area contributed by atoms with Gasteiger partial charge in [0.15, 0.2) is 6.10 Å². The van der Waals surface area contributed by atoms with Crippen molar-refractivity contribution in [3.63, 3.8) is 0 Å². The summed E-state index contributed by atoms with van der Waals surface area (Å²) in [5, 5.41) is 0. The van der Waals surface area contributed by atoms with Gasteiger partial charge in [0.2, 0.25) is 0 Å². The van der Waals surface area contributed by atoms with Crippen LogP contribution in [0.1, 0.15) is 258 Å². The molecular weight excluding hydrogens is 817 g/mol. The maximum absolute atomic E-state index is 12.8. The quantitative estimate of drug-likeness (QED) is 0.0262. The Morgan fingerprint density at radius 3 is 0.985 bits per heavy atom. The molecule has 0 rings (SSSR count). The van der Waals surface area contributed by atoms with Gasteiger partial charge in [-0.2, -0.15) is 0 Å². The van der Waals surface area contributed by atoms with Gasteiger partial charge in [-0.3, -0.25) is 14.4 Å². The van der Waals surface area contributed by atoms with E-state index >= 15 is 0 Å². The Hall–Kier alpha value is -3.41. The number of rotatable bonds is 49. The van der Waals surface area contributed by atoms with E-state index in [2.05, 4.69) is 106 Å². The summed E-state index contributed by atoms with van der Waals surface area (Å²) in [5.41, 5.74) is 0. The highest BCUT2D eigenvalue weighted by molar-refractivity contribution is 5.71. The monoisotopic (exact) mass is 919 g/mol. The number of ether oxygens (including phenoxy) is 3. The fourth-order valence-corrected chi connectivity index (χ4v) is 7.46. The molecule has 0 saturated heterocycles. The van der Waals surface area contributed by atoms with E-state index in [4.69, 9.17) is 14.2 Å². The fourth-order valence-electron chi connectivity index (χ4n) is 7.46. The third-order valence-corrected chi connectivity index (χ3v) is 11.6. The van der Waals surface area contributed by atoms with Gasteiger partial charge in [-0.1, -0.05) is 209 Å². The molecule has 0 spiro atoms. The minimum atomic E-state index is -0.799. The zero-order chi connectivity index (χ0) is 47.9. The highest BCUT2D eigenvalue weighted by Gasteiger charge is 2.19. The van der Waals surface area contributed by atoms with Crippen LogP contribution in [0.5, 0.6) is 0 Å². The van der Waals surface area contributed by atoms with E-state index in [0.717, 1.165) is 103 Å². The lowest BCUT2D eigenvalue weighted by molar-refractivity contribution is -0.167. The SMILES string of the molecule is CC/C=C\C/C=C\C/C=C\C/C=C\CCCCCC(=O)OC(COC(=O)CCCCCCCCC/C=C\C/C=C\CCCCC)COC(=O)CCCCCCCCC/C=C\CCCCCC. The molecule has 0 N–H and O–H groups in total. The maximum Gasteiger partial charge on any atom is 0.306 e. The van der Waals surface area contributed by atoms with E-state index in [1.807, 2.05) is 0 Å². The van der Waals surface area contributed by atoms with Crippen LogP contribution in [0.2, 0.25) is 0 Å². The molecular formula is C60H102O6. The molecule has 0 heterocycles. The lowest BCUT2D eigenvalue weighted by atomic mass is 10.1. The predicted molar refractivity (Wildman–Crippen MR) is 284 cm³/mol. The van der Waals surface area contributed by atoms with Crippen LogP contribution < -0.4 is 0 Å². The van der Waals surface area contributed by atoms with Crippen LogP contribution in [0.4, 0.5) is 0 Å². The minimum absolute atomic E-state index is 0.0944. The van der Waals surface area contributed by atoms with Crippen molar-refractivity contribution >= 4 is 17.9 Å². The minimum Gasteiger partial charge on any atom is -0.462 e. The summed E-state index contributed by atoms with van der Waals surface area (Å²) >= 11 is 0. The van der Waals surface area contributed by atoms with E-state index in [1.54, 1.807) is 0 Å². The number of hydrogen-bond donors (Lipinski definition) is 0. The molecule has 1 atom stereocenters. The first kappa shape index (κ1) is 62.6. The van der Waals surface area contributed by atoms with Crippen LogP contribution in [0.15, 0.2) is 85.1 Å². The standard InChI is InChI=1S/C60H102O6/c1-4-7-10-13-16-19-22-25-28-30-33-35-38-41-44-47-50-53-59(62)65-56-57(55-64-58(61)52-49-46-43-40-37-34-31-27-24-21-18-15-12-9-6-3)66-60(63)54-51-48-45-42-39-36-32-29-26-23-20-17-14-11-8-5-2/h8,11,16-17,19-21,24-26,28-29,36,39,57H,4-7,9-10,12-15,18,22-23,27,30-35,37-38,40-56H2,1-3H3/b11-8-,19-16-,20-17-,24-21-,28-25-,29-26-,39-36-. The molecule has 0 aliphatic heterocycles. The molecule has 6 heteroatoms. The second-order valence-electron chi connectivity index (χ2n) is 18.1. The van der Waals surface area contributed by atoms with Gasteiger partial charge in [0.25, 0.3) is 0 Å². The van der Waals surface area contributed by atoms with Crippen molar-refractivity contribution in [1.29, 1.82) is 0 Å². The summed E-state index contributed by atoms with van der Waals surface area (Å²) in [6.45, 7) is 6.46. The summed E-state index contributed by atoms with van der Waals surface area (Å²) in [6, 6.07) is 0. The lowest BCUT2D eigenvalue weighted by Gasteiger charge is -2.18. The highest BCUT2D eigenvalue weighted by atomic mass is 16.6. The van der Waals surface area contributed by atoms with Gasteiger partial charge in [-0.05, 0) is 116 Å². The van der Waals surface area contributed by atoms with Crippen molar-refractivity contribution in [2.45, 2.75) is 264 Å². The Bertz CT molecular complexity index is 1290. The number of unbranched alkanes of at least 4 members (excludes halogenated alkanes) is 24. The molecule has 0 radical (unpaired) electrons. The Kier molecular flexibility index (Phi) is 51.4. The fraction of sp³-hybridized carbons (Fsp3) is 0.717. The molecule has 378 valence electrons. The summed E-state index contributed by atoms with van der Waals surface area (Å²) in [5.74, 6) is -0.935. The summed E-state index contributed by atoms with van der Waals surface area (Å²) in [6.07, 6.45) is 69.9. The van der Waals surface area contributed by atoms with Crippen LogP contribution in [-0.2, 0) is 28.6 Å². The second kappa shape index (κ2) is 54.2. The van der Waals surface area contributed by atoms with E-state index in [0.29, 0.717) is 12.8 Å². The van der Waals surface area contributed by atoms with Gasteiger partial charge >= 0.3 is 17.9 Å². The Morgan fingerprint density at radius 2 is 0.591 bits per heavy atom. The molecule has 0 aliphatic rings. The summed E-state index contributed by atoms with van der Waals surface area (Å²) < 4.78 is 16.8. The number of hydrogen-bond acceptors (Lipinski definition) is 6. The second-order valence-corrected chi connectivity index (χ2v) is 18.1. The number of carbonyl (C=O) groups is 3. The zero-order valence-corrected chi connectivity index (χ0v) is 43.2. The third kappa shape index (κ3) is 51.6. The van der Waals surface area contributed by atoms with Crippen molar-refractivity contribution in [1.82, 2.24) is 0 Å². The van der Waals surface area contributed by atoms with Crippen LogP contribution in [-0.4, -0.2) is 37.2 Å². The molecule has 1 unspecified atom stereocenters. The van der Waals surface area contributed by atoms with E-state index < -0.39 is 6.10 Å². The lowest BCUT2D eigenvalue weighted by Crippen LogP contribution is -2.30. The average Bonchev–Trinajstić information content (AvgIpc) is 3.31. The molecule has 0 saturated carbocycles. The van der Waals surface area contributed by atoms with Gasteiger partial charge in [-0.15, -0.1) is 0 Å². The smallest absolute Gasteiger partial charge is 0.306 e. The van der Waals surface area contributed by atoms with Gasteiger partial charge in [0.05, 0.1) is 0 Å². The normalized spacial score (nSPS) is 12.7. The Morgan fingerprint density at radius 1 is 0.318 bits per heavy atom. The van der Waals surface area contributed by atoms with Crippen LogP contribution in [0, 0.1) is 0 Å². The van der Waals surface area contributed by atoms with Gasteiger partial charge in [0.1, 0.15) is 13.2 Å². The highest BCUT2D eigenvalue weighted by Crippen LogP contribution is 2.14. The molecule has 0 amide bonds. The molecule has 0 aromatic heterocycles. The molecule has 0 bridgehead atoms. The Labute approximate surface area is 407 Å². The number of allylic oxidation sites excluding steroid dienone is 14. The van der Waals surface area contributed by atoms with Crippen molar-refractivity contribution in [3.05, 3.63) is 85.1 Å². The molecule has 6 nitrogen and oxygen atoms in total. The molecule has 66 heavy (non-hydrogen) atoms. The maximum atomic E-state index is 12.8. The van der Waals surface area contributed by atoms with Crippen LogP contribution in [0.3, 0.4) is 0 Å². The predicted octanol–water partition coefficient (Wildman–Crippen LogP) is 18.4. The van der Waals surface area contributed by atoms with Crippen molar-refractivity contribution < 1.29 is 28.6 Å². The third-order valence-electron chi connectivity index (χ3n) is 11.6. The molecule has 0 aromatic carbocycles. The molecule has 0 aliphatic carbocycles. The van der Waals surface area contributed by atoms with Crippen molar-refractivity contribution in [2.24, 2.45) is 0 Å². The van der Waals surface area contributed by atoms with Gasteiger partial charge in [-0.25, -0.2) is 0 Å². The van der Waals surface area contributed by atoms with Crippen molar-refractivity contribution in [3.8, 4) is 0 Å². The van der Waals surface area contributed by atoms with Crippen LogP contribution >= 0.6 is 0 Å². The Balaban J connectivity index is 4.46. The van der Waals surface area contributed by atoms with Crippen molar-refractivity contribution in [2.75, 3.05) is 13.2 Å². The van der Waals surface area contributed by atoms with E-state index in [1.165, 1.54) is 116 Å². The number of carbonyl (C=O) groups excluding carboxylic acids is 3. The first-order chi connectivity index (χ1) is 32.5. The van der Waals surface area contributed by atoms with Gasteiger partial charge < -0.3 is 14.2 Å². The van der Waals surface area contributed by atoms with Gasteiger partial charge in [0, 0.05) is 19.3 Å². The largest absolute Gasteiger partial charge is 0.462 e. The first-order valence-electron chi connectivity index (χ1n) is 27.6. The average molecular weight is 919 g/mol. The van der Waals surface area contributed by atoms with Crippen LogP contribution in [0.25, 0.3) is 0 Å². The summed E-state index contributed by atoms with van der Waals surface area (Å²) in [7, 11) is 0. The number of esters is 3. The summed E-state index contributed by atoms with van der Waals surface area (Å²) in [4.78, 5) is 38.1. The zero-order valence-electron chi connectivity index (χ0n) is 43.2. The first-order valence-corrected chi connectivity index (χ1v) is 27.6. The molecule has 0 aromatic rings. The topological polar surface area (TPSA) is 78.9 Å². The molecule has 0 fully saturated rings. The van der Waals surface area contributed by atoms with E-state index in [9.17, 15) is 14.4 Å².